The van der Waals surface area contributed by atoms with E-state index in [4.69, 9.17) is 4.52 Å². The number of amides is 3. The zero-order chi connectivity index (χ0) is 30.6. The summed E-state index contributed by atoms with van der Waals surface area (Å²) < 4.78 is 34.3. The van der Waals surface area contributed by atoms with E-state index in [0.29, 0.717) is 16.2 Å². The molecule has 10 nitrogen and oxygen atoms in total. The number of hydrogen-bond acceptors (Lipinski definition) is 7. The minimum atomic E-state index is -3.33. The molecule has 0 radical (unpaired) electrons. The van der Waals surface area contributed by atoms with Crippen LogP contribution in [0.3, 0.4) is 0 Å². The second-order valence-corrected chi connectivity index (χ2v) is 10.7. The number of alkyl halides is 2. The Hall–Kier alpha value is -4.32. The van der Waals surface area contributed by atoms with Crippen LogP contribution in [0, 0.1) is 13.8 Å². The van der Waals surface area contributed by atoms with Gasteiger partial charge in [-0.3, -0.25) is 14.4 Å². The number of aryl methyl sites for hydroxylation is 2. The number of halogens is 2. The van der Waals surface area contributed by atoms with E-state index >= 15 is 0 Å². The number of benzene rings is 2. The molecule has 0 saturated carbocycles. The summed E-state index contributed by atoms with van der Waals surface area (Å²) in [5.74, 6) is -5.57. The zero-order valence-electron chi connectivity index (χ0n) is 23.9. The summed E-state index contributed by atoms with van der Waals surface area (Å²) in [5, 5.41) is 20.3. The van der Waals surface area contributed by atoms with Gasteiger partial charge < -0.3 is 30.1 Å². The Labute approximate surface area is 242 Å². The maximum Gasteiger partial charge on any atom is 0.267 e. The molecule has 1 aliphatic heterocycles. The van der Waals surface area contributed by atoms with E-state index < -0.39 is 54.8 Å². The summed E-state index contributed by atoms with van der Waals surface area (Å²) in [6.45, 7) is 2.16. The molecule has 1 saturated heterocycles. The predicted molar refractivity (Wildman–Crippen MR) is 151 cm³/mol. The van der Waals surface area contributed by atoms with Crippen LogP contribution in [0.1, 0.15) is 39.4 Å². The highest BCUT2D eigenvalue weighted by Gasteiger charge is 2.51. The second kappa shape index (κ2) is 12.7. The van der Waals surface area contributed by atoms with Gasteiger partial charge in [-0.05, 0) is 43.5 Å². The molecule has 3 atom stereocenters. The highest BCUT2D eigenvalue weighted by atomic mass is 19.3. The van der Waals surface area contributed by atoms with Gasteiger partial charge in [-0.25, -0.2) is 8.78 Å². The maximum absolute atomic E-state index is 14.6. The quantitative estimate of drug-likeness (QED) is 0.335. The molecule has 0 unspecified atom stereocenters. The Morgan fingerprint density at radius 2 is 1.76 bits per heavy atom. The molecule has 3 aromatic rings. The lowest BCUT2D eigenvalue weighted by Gasteiger charge is -2.30. The molecule has 3 N–H and O–H groups in total. The minimum absolute atomic E-state index is 0.0207. The smallest absolute Gasteiger partial charge is 0.267 e. The van der Waals surface area contributed by atoms with E-state index in [1.165, 1.54) is 0 Å². The molecule has 0 aliphatic carbocycles. The maximum atomic E-state index is 14.6. The van der Waals surface area contributed by atoms with Crippen LogP contribution in [-0.2, 0) is 22.6 Å². The number of aliphatic hydroxyl groups is 1. The Balaban J connectivity index is 1.52. The molecule has 0 bridgehead atoms. The van der Waals surface area contributed by atoms with Gasteiger partial charge in [-0.2, -0.15) is 0 Å². The highest BCUT2D eigenvalue weighted by molar-refractivity contribution is 5.97. The number of carbonyl (C=O) groups is 3. The topological polar surface area (TPSA) is 128 Å². The van der Waals surface area contributed by atoms with Crippen molar-refractivity contribution >= 4 is 23.4 Å². The summed E-state index contributed by atoms with van der Waals surface area (Å²) in [5.41, 5.74) is 2.86. The van der Waals surface area contributed by atoms with E-state index in [-0.39, 0.29) is 24.3 Å². The number of anilines is 1. The minimum Gasteiger partial charge on any atom is -0.381 e. The Morgan fingerprint density at radius 3 is 2.36 bits per heavy atom. The fraction of sp³-hybridized carbons (Fsp3) is 0.400. The van der Waals surface area contributed by atoms with Crippen molar-refractivity contribution in [2.45, 2.75) is 57.3 Å². The Kier molecular flexibility index (Phi) is 9.25. The Morgan fingerprint density at radius 1 is 1.10 bits per heavy atom. The van der Waals surface area contributed by atoms with Crippen LogP contribution in [0.15, 0.2) is 59.1 Å². The summed E-state index contributed by atoms with van der Waals surface area (Å²) in [6.07, 6.45) is -2.78. The first-order valence-electron chi connectivity index (χ1n) is 13.5. The molecular weight excluding hydrogens is 548 g/mol. The van der Waals surface area contributed by atoms with Crippen molar-refractivity contribution in [2.75, 3.05) is 25.5 Å². The molecular formula is C30H35F2N5O5. The lowest BCUT2D eigenvalue weighted by Crippen LogP contribution is -2.56. The van der Waals surface area contributed by atoms with Gasteiger partial charge in [-0.15, -0.1) is 0 Å². The third kappa shape index (κ3) is 7.11. The molecule has 2 heterocycles. The molecule has 3 amide bonds. The fourth-order valence-electron chi connectivity index (χ4n) is 5.00. The van der Waals surface area contributed by atoms with Crippen LogP contribution < -0.4 is 15.5 Å². The summed E-state index contributed by atoms with van der Waals surface area (Å²) >= 11 is 0. The summed E-state index contributed by atoms with van der Waals surface area (Å²) in [4.78, 5) is 42.3. The first-order valence-corrected chi connectivity index (χ1v) is 13.5. The van der Waals surface area contributed by atoms with Crippen LogP contribution in [0.25, 0.3) is 0 Å². The number of nitrogens with zero attached hydrogens (tertiary/aromatic N) is 3. The summed E-state index contributed by atoms with van der Waals surface area (Å²) in [6, 6.07) is 13.4. The molecule has 0 spiro atoms. The number of nitrogens with one attached hydrogen (secondary N) is 2. The zero-order valence-corrected chi connectivity index (χ0v) is 23.9. The van der Waals surface area contributed by atoms with E-state index in [1.807, 2.05) is 31.1 Å². The van der Waals surface area contributed by atoms with Crippen LogP contribution in [0.2, 0.25) is 0 Å². The van der Waals surface area contributed by atoms with Crippen molar-refractivity contribution < 1.29 is 32.8 Å². The average molecular weight is 584 g/mol. The third-order valence-electron chi connectivity index (χ3n) is 7.28. The van der Waals surface area contributed by atoms with Crippen molar-refractivity contribution in [1.29, 1.82) is 0 Å². The van der Waals surface area contributed by atoms with E-state index in [0.717, 1.165) is 11.3 Å². The number of rotatable bonds is 10. The molecule has 2 aromatic carbocycles. The SMILES string of the molecule is Cc1noc(C)c1C(=O)N[C@@H](Cc1ccccc1)[C@H](O)C(=O)N1CC(F)(F)C[C@H]1C(=O)NCc1ccc(N(C)C)cc1. The highest BCUT2D eigenvalue weighted by Crippen LogP contribution is 2.33. The second-order valence-electron chi connectivity index (χ2n) is 10.7. The van der Waals surface area contributed by atoms with E-state index in [1.54, 1.807) is 56.3 Å². The van der Waals surface area contributed by atoms with Crippen molar-refractivity contribution in [3.8, 4) is 0 Å². The lowest BCUT2D eigenvalue weighted by atomic mass is 9.99. The van der Waals surface area contributed by atoms with E-state index in [2.05, 4.69) is 15.8 Å². The van der Waals surface area contributed by atoms with Gasteiger partial charge in [0.1, 0.15) is 17.4 Å². The van der Waals surface area contributed by atoms with Crippen LogP contribution in [0.4, 0.5) is 14.5 Å². The van der Waals surface area contributed by atoms with E-state index in [9.17, 15) is 28.3 Å². The lowest BCUT2D eigenvalue weighted by molar-refractivity contribution is -0.147. The van der Waals surface area contributed by atoms with Crippen molar-refractivity contribution in [2.24, 2.45) is 0 Å². The predicted octanol–water partition coefficient (Wildman–Crippen LogP) is 2.61. The van der Waals surface area contributed by atoms with Crippen molar-refractivity contribution in [3.05, 3.63) is 82.7 Å². The van der Waals surface area contributed by atoms with Crippen LogP contribution in [-0.4, -0.2) is 77.6 Å². The Bertz CT molecular complexity index is 1390. The molecule has 1 fully saturated rings. The van der Waals surface area contributed by atoms with Gasteiger partial charge in [0.2, 0.25) is 5.91 Å². The average Bonchev–Trinajstić information content (AvgIpc) is 3.48. The number of likely N-dealkylation sites (tertiary alicyclic amines) is 1. The largest absolute Gasteiger partial charge is 0.381 e. The van der Waals surface area contributed by atoms with Gasteiger partial charge in [0.05, 0.1) is 18.3 Å². The monoisotopic (exact) mass is 583 g/mol. The normalized spacial score (nSPS) is 17.4. The molecule has 42 heavy (non-hydrogen) atoms. The number of carbonyl (C=O) groups excluding carboxylic acids is 3. The van der Waals surface area contributed by atoms with Crippen molar-refractivity contribution in [3.63, 3.8) is 0 Å². The van der Waals surface area contributed by atoms with Crippen LogP contribution in [0.5, 0.6) is 0 Å². The van der Waals surface area contributed by atoms with Crippen molar-refractivity contribution in [1.82, 2.24) is 20.7 Å². The van der Waals surface area contributed by atoms with Gasteiger partial charge >= 0.3 is 0 Å². The first kappa shape index (κ1) is 30.6. The van der Waals surface area contributed by atoms with Gasteiger partial charge in [0.15, 0.2) is 6.10 Å². The number of aromatic nitrogens is 1. The summed E-state index contributed by atoms with van der Waals surface area (Å²) in [7, 11) is 3.79. The van der Waals surface area contributed by atoms with Gasteiger partial charge in [-0.1, -0.05) is 47.6 Å². The molecule has 224 valence electrons. The molecule has 1 aliphatic rings. The number of hydrogen-bond donors (Lipinski definition) is 3. The van der Waals surface area contributed by atoms with Crippen LogP contribution >= 0.6 is 0 Å². The third-order valence-corrected chi connectivity index (χ3v) is 7.28. The molecule has 12 heteroatoms. The first-order chi connectivity index (χ1) is 19.9. The fourth-order valence-corrected chi connectivity index (χ4v) is 5.00. The van der Waals surface area contributed by atoms with Gasteiger partial charge in [0, 0.05) is 32.7 Å². The van der Waals surface area contributed by atoms with Gasteiger partial charge in [0.25, 0.3) is 17.7 Å². The number of aliphatic hydroxyl groups excluding tert-OH is 1. The molecule has 1 aromatic heterocycles. The standard InChI is InChI=1S/C30H35F2N5O5/c1-18-25(19(2)42-35-18)28(40)34-23(14-20-8-6-5-7-9-20)26(38)29(41)37-17-30(31,32)15-24(37)27(39)33-16-21-10-12-22(13-11-21)36(3)4/h5-13,23-24,26,38H,14-17H2,1-4H3,(H,33,39)(H,34,40)/t23-,24-,26-/m0/s1. The molecule has 4 rings (SSSR count).